The molecule has 4 nitrogen and oxygen atoms in total. The zero-order valence-electron chi connectivity index (χ0n) is 12.6. The second-order valence-corrected chi connectivity index (χ2v) is 6.29. The van der Waals surface area contributed by atoms with Crippen molar-refractivity contribution in [1.29, 1.82) is 0 Å². The SMILES string of the molecule is CC(C)(C)NC(=O)N1CCOCC1Cc1ccccc1. The minimum Gasteiger partial charge on any atom is -0.377 e. The third-order valence-electron chi connectivity index (χ3n) is 3.28. The van der Waals surface area contributed by atoms with E-state index in [1.165, 1.54) is 5.56 Å². The maximum Gasteiger partial charge on any atom is 0.318 e. The van der Waals surface area contributed by atoms with Crippen LogP contribution in [-0.2, 0) is 11.2 Å². The van der Waals surface area contributed by atoms with Crippen LogP contribution < -0.4 is 5.32 Å². The molecule has 1 fully saturated rings. The van der Waals surface area contributed by atoms with Crippen molar-refractivity contribution in [2.24, 2.45) is 0 Å². The molecular formula is C16H24N2O2. The van der Waals surface area contributed by atoms with E-state index in [9.17, 15) is 4.79 Å². The molecule has 2 amide bonds. The standard InChI is InChI=1S/C16H24N2O2/c1-16(2,3)17-15(19)18-9-10-20-12-14(18)11-13-7-5-4-6-8-13/h4-8,14H,9-12H2,1-3H3,(H,17,19). The zero-order chi connectivity index (χ0) is 14.6. The fourth-order valence-electron chi connectivity index (χ4n) is 2.37. The zero-order valence-corrected chi connectivity index (χ0v) is 12.6. The molecule has 4 heteroatoms. The van der Waals surface area contributed by atoms with Gasteiger partial charge in [-0.3, -0.25) is 0 Å². The molecule has 2 rings (SSSR count). The fraction of sp³-hybridized carbons (Fsp3) is 0.562. The Morgan fingerprint density at radius 3 is 2.70 bits per heavy atom. The lowest BCUT2D eigenvalue weighted by molar-refractivity contribution is 0.0114. The summed E-state index contributed by atoms with van der Waals surface area (Å²) in [6.45, 7) is 7.86. The third-order valence-corrected chi connectivity index (χ3v) is 3.28. The Kier molecular flexibility index (Phi) is 4.65. The summed E-state index contributed by atoms with van der Waals surface area (Å²) in [5.74, 6) is 0. The highest BCUT2D eigenvalue weighted by Crippen LogP contribution is 2.14. The number of urea groups is 1. The number of morpholine rings is 1. The molecule has 0 aliphatic carbocycles. The van der Waals surface area contributed by atoms with Crippen molar-refractivity contribution in [3.05, 3.63) is 35.9 Å². The Morgan fingerprint density at radius 2 is 2.05 bits per heavy atom. The van der Waals surface area contributed by atoms with E-state index < -0.39 is 0 Å². The fourth-order valence-corrected chi connectivity index (χ4v) is 2.37. The van der Waals surface area contributed by atoms with E-state index in [4.69, 9.17) is 4.74 Å². The summed E-state index contributed by atoms with van der Waals surface area (Å²) in [6, 6.07) is 10.3. The number of carbonyl (C=O) groups excluding carboxylic acids is 1. The quantitative estimate of drug-likeness (QED) is 0.901. The summed E-state index contributed by atoms with van der Waals surface area (Å²) < 4.78 is 5.54. The number of nitrogens with one attached hydrogen (secondary N) is 1. The van der Waals surface area contributed by atoms with Gasteiger partial charge < -0.3 is 15.0 Å². The Bertz CT molecular complexity index is 440. The highest BCUT2D eigenvalue weighted by Gasteiger charge is 2.29. The number of hydrogen-bond acceptors (Lipinski definition) is 2. The summed E-state index contributed by atoms with van der Waals surface area (Å²) >= 11 is 0. The van der Waals surface area contributed by atoms with Gasteiger partial charge in [-0.2, -0.15) is 0 Å². The Balaban J connectivity index is 2.03. The molecule has 1 aromatic carbocycles. The number of rotatable bonds is 2. The van der Waals surface area contributed by atoms with Gasteiger partial charge in [-0.25, -0.2) is 4.79 Å². The molecule has 0 radical (unpaired) electrons. The molecule has 1 aliphatic heterocycles. The van der Waals surface area contributed by atoms with E-state index in [2.05, 4.69) is 17.4 Å². The first-order valence-corrected chi connectivity index (χ1v) is 7.16. The highest BCUT2D eigenvalue weighted by molar-refractivity contribution is 5.75. The molecule has 0 bridgehead atoms. The number of amides is 2. The van der Waals surface area contributed by atoms with Crippen molar-refractivity contribution in [3.8, 4) is 0 Å². The average molecular weight is 276 g/mol. The van der Waals surface area contributed by atoms with Crippen LogP contribution in [0.4, 0.5) is 4.79 Å². The third kappa shape index (κ3) is 4.23. The second-order valence-electron chi connectivity index (χ2n) is 6.29. The molecule has 110 valence electrons. The first-order valence-electron chi connectivity index (χ1n) is 7.16. The molecule has 1 atom stereocenters. The van der Waals surface area contributed by atoms with Gasteiger partial charge in [0, 0.05) is 12.1 Å². The van der Waals surface area contributed by atoms with Crippen LogP contribution in [0.15, 0.2) is 30.3 Å². The number of nitrogens with zero attached hydrogens (tertiary/aromatic N) is 1. The molecule has 1 aromatic rings. The van der Waals surface area contributed by atoms with Crippen LogP contribution >= 0.6 is 0 Å². The number of carbonyl (C=O) groups is 1. The van der Waals surface area contributed by atoms with Crippen LogP contribution in [0.5, 0.6) is 0 Å². The minimum absolute atomic E-state index is 0.00160. The smallest absolute Gasteiger partial charge is 0.318 e. The van der Waals surface area contributed by atoms with Gasteiger partial charge in [0.2, 0.25) is 0 Å². The van der Waals surface area contributed by atoms with E-state index in [-0.39, 0.29) is 17.6 Å². The molecule has 1 N–H and O–H groups in total. The van der Waals surface area contributed by atoms with E-state index >= 15 is 0 Å². The van der Waals surface area contributed by atoms with Gasteiger partial charge in [-0.05, 0) is 32.8 Å². The Morgan fingerprint density at radius 1 is 1.35 bits per heavy atom. The molecule has 0 aromatic heterocycles. The van der Waals surface area contributed by atoms with E-state index in [0.717, 1.165) is 6.42 Å². The van der Waals surface area contributed by atoms with E-state index in [0.29, 0.717) is 19.8 Å². The lowest BCUT2D eigenvalue weighted by Crippen LogP contribution is -2.56. The number of ether oxygens (including phenoxy) is 1. The van der Waals surface area contributed by atoms with Crippen molar-refractivity contribution in [2.75, 3.05) is 19.8 Å². The lowest BCUT2D eigenvalue weighted by Gasteiger charge is -2.37. The number of benzene rings is 1. The molecule has 1 unspecified atom stereocenters. The van der Waals surface area contributed by atoms with Gasteiger partial charge >= 0.3 is 6.03 Å². The molecule has 1 saturated heterocycles. The maximum atomic E-state index is 12.4. The van der Waals surface area contributed by atoms with Crippen LogP contribution in [0.3, 0.4) is 0 Å². The summed E-state index contributed by atoms with van der Waals surface area (Å²) in [5, 5.41) is 3.04. The van der Waals surface area contributed by atoms with Gasteiger partial charge in [0.15, 0.2) is 0 Å². The van der Waals surface area contributed by atoms with Gasteiger partial charge in [0.25, 0.3) is 0 Å². The summed E-state index contributed by atoms with van der Waals surface area (Å²) in [6.07, 6.45) is 0.832. The van der Waals surface area contributed by atoms with Gasteiger partial charge in [0.1, 0.15) is 0 Å². The molecular weight excluding hydrogens is 252 g/mol. The Labute approximate surface area is 121 Å². The van der Waals surface area contributed by atoms with E-state index in [1.807, 2.05) is 43.9 Å². The van der Waals surface area contributed by atoms with Crippen molar-refractivity contribution >= 4 is 6.03 Å². The van der Waals surface area contributed by atoms with Crippen LogP contribution in [-0.4, -0.2) is 42.3 Å². The van der Waals surface area contributed by atoms with Crippen molar-refractivity contribution in [2.45, 2.75) is 38.8 Å². The summed E-state index contributed by atoms with van der Waals surface area (Å²) in [7, 11) is 0. The normalized spacial score (nSPS) is 19.8. The molecule has 0 spiro atoms. The maximum absolute atomic E-state index is 12.4. The lowest BCUT2D eigenvalue weighted by atomic mass is 10.0. The molecule has 20 heavy (non-hydrogen) atoms. The van der Waals surface area contributed by atoms with Crippen molar-refractivity contribution < 1.29 is 9.53 Å². The van der Waals surface area contributed by atoms with Gasteiger partial charge in [0.05, 0.1) is 19.3 Å². The van der Waals surface area contributed by atoms with Gasteiger partial charge in [-0.15, -0.1) is 0 Å². The minimum atomic E-state index is -0.216. The summed E-state index contributed by atoms with van der Waals surface area (Å²) in [4.78, 5) is 14.3. The average Bonchev–Trinajstić information content (AvgIpc) is 2.38. The largest absolute Gasteiger partial charge is 0.377 e. The van der Waals surface area contributed by atoms with Crippen LogP contribution in [0.25, 0.3) is 0 Å². The number of hydrogen-bond donors (Lipinski definition) is 1. The van der Waals surface area contributed by atoms with E-state index in [1.54, 1.807) is 0 Å². The predicted molar refractivity (Wildman–Crippen MR) is 79.7 cm³/mol. The first kappa shape index (κ1) is 14.9. The first-order chi connectivity index (χ1) is 9.46. The Hall–Kier alpha value is -1.55. The van der Waals surface area contributed by atoms with Crippen molar-refractivity contribution in [1.82, 2.24) is 10.2 Å². The van der Waals surface area contributed by atoms with Crippen LogP contribution in [0.1, 0.15) is 26.3 Å². The molecule has 1 heterocycles. The molecule has 1 aliphatic rings. The topological polar surface area (TPSA) is 41.6 Å². The van der Waals surface area contributed by atoms with Crippen LogP contribution in [0.2, 0.25) is 0 Å². The van der Waals surface area contributed by atoms with Gasteiger partial charge in [-0.1, -0.05) is 30.3 Å². The molecule has 0 saturated carbocycles. The summed E-state index contributed by atoms with van der Waals surface area (Å²) in [5.41, 5.74) is 1.02. The van der Waals surface area contributed by atoms with Crippen molar-refractivity contribution in [3.63, 3.8) is 0 Å². The van der Waals surface area contributed by atoms with Crippen LogP contribution in [0, 0.1) is 0 Å². The highest BCUT2D eigenvalue weighted by atomic mass is 16.5. The second kappa shape index (κ2) is 6.27. The predicted octanol–water partition coefficient (Wildman–Crippen LogP) is 2.44. The monoisotopic (exact) mass is 276 g/mol.